The van der Waals surface area contributed by atoms with Crippen molar-refractivity contribution in [1.29, 1.82) is 0 Å². The monoisotopic (exact) mass is 230 g/mol. The molecule has 2 heteroatoms. The van der Waals surface area contributed by atoms with E-state index in [0.29, 0.717) is 6.04 Å². The molecule has 1 N–H and O–H groups in total. The van der Waals surface area contributed by atoms with Gasteiger partial charge in [-0.2, -0.15) is 0 Å². The molecule has 2 nitrogen and oxygen atoms in total. The molecule has 0 aromatic heterocycles. The largest absolute Gasteiger partial charge is 0.310 e. The van der Waals surface area contributed by atoms with E-state index in [2.05, 4.69) is 41.5 Å². The van der Waals surface area contributed by atoms with Crippen LogP contribution in [-0.2, 0) is 0 Å². The van der Waals surface area contributed by atoms with Gasteiger partial charge in [-0.25, -0.2) is 0 Å². The van der Waals surface area contributed by atoms with Gasteiger partial charge >= 0.3 is 0 Å². The molecule has 2 aliphatic heterocycles. The average molecular weight is 230 g/mol. The summed E-state index contributed by atoms with van der Waals surface area (Å²) in [6.07, 6.45) is 4.01. The molecule has 0 spiro atoms. The van der Waals surface area contributed by atoms with Crippen LogP contribution in [0.2, 0.25) is 0 Å². The predicted octanol–water partition coefficient (Wildman–Crippen LogP) is 2.53. The van der Waals surface area contributed by atoms with Crippen LogP contribution in [0.1, 0.15) is 42.3 Å². The minimum Gasteiger partial charge on any atom is -0.310 e. The molecule has 0 saturated carbocycles. The zero-order valence-corrected chi connectivity index (χ0v) is 10.7. The Labute approximate surface area is 104 Å². The third-order valence-electron chi connectivity index (χ3n) is 4.16. The van der Waals surface area contributed by atoms with Crippen molar-refractivity contribution in [2.75, 3.05) is 26.7 Å². The van der Waals surface area contributed by atoms with Crippen molar-refractivity contribution in [3.05, 3.63) is 35.4 Å². The van der Waals surface area contributed by atoms with E-state index < -0.39 is 0 Å². The molecule has 0 bridgehead atoms. The Hall–Kier alpha value is -0.860. The molecule has 92 valence electrons. The summed E-state index contributed by atoms with van der Waals surface area (Å²) in [5.74, 6) is 0.767. The summed E-state index contributed by atoms with van der Waals surface area (Å²) in [6.45, 7) is 3.63. The summed E-state index contributed by atoms with van der Waals surface area (Å²) < 4.78 is 0. The minimum absolute atomic E-state index is 0.599. The molecule has 2 aliphatic rings. The molecule has 0 aliphatic carbocycles. The maximum Gasteiger partial charge on any atom is 0.0320 e. The van der Waals surface area contributed by atoms with Crippen molar-refractivity contribution in [2.45, 2.75) is 31.2 Å². The third-order valence-corrected chi connectivity index (χ3v) is 4.16. The first-order valence-electron chi connectivity index (χ1n) is 6.85. The van der Waals surface area contributed by atoms with Crippen LogP contribution in [0.3, 0.4) is 0 Å². The predicted molar refractivity (Wildman–Crippen MR) is 71.3 cm³/mol. The fourth-order valence-electron chi connectivity index (χ4n) is 3.08. The lowest BCUT2D eigenvalue weighted by molar-refractivity contribution is 0.189. The first-order chi connectivity index (χ1) is 8.33. The first kappa shape index (κ1) is 11.2. The molecule has 0 radical (unpaired) electrons. The van der Waals surface area contributed by atoms with Gasteiger partial charge in [0.05, 0.1) is 0 Å². The van der Waals surface area contributed by atoms with Gasteiger partial charge in [0.15, 0.2) is 0 Å². The van der Waals surface area contributed by atoms with Crippen molar-refractivity contribution in [2.24, 2.45) is 0 Å². The summed E-state index contributed by atoms with van der Waals surface area (Å²) in [5, 5.41) is 3.64. The van der Waals surface area contributed by atoms with Gasteiger partial charge in [0.25, 0.3) is 0 Å². The highest BCUT2D eigenvalue weighted by atomic mass is 15.2. The molecule has 1 atom stereocenters. The van der Waals surface area contributed by atoms with Gasteiger partial charge in [0.1, 0.15) is 0 Å². The van der Waals surface area contributed by atoms with E-state index in [1.54, 1.807) is 0 Å². The minimum atomic E-state index is 0.599. The quantitative estimate of drug-likeness (QED) is 0.840. The Morgan fingerprint density at radius 3 is 2.71 bits per heavy atom. The molecule has 17 heavy (non-hydrogen) atoms. The molecular weight excluding hydrogens is 208 g/mol. The second kappa shape index (κ2) is 4.79. The lowest BCUT2D eigenvalue weighted by Gasteiger charge is -2.37. The number of nitrogens with one attached hydrogen (secondary N) is 1. The zero-order valence-electron chi connectivity index (χ0n) is 10.7. The summed E-state index contributed by atoms with van der Waals surface area (Å²) >= 11 is 0. The highest BCUT2D eigenvalue weighted by molar-refractivity contribution is 5.30. The van der Waals surface area contributed by atoms with Gasteiger partial charge < -0.3 is 10.2 Å². The number of rotatable bonds is 2. The van der Waals surface area contributed by atoms with Crippen LogP contribution in [0.5, 0.6) is 0 Å². The number of likely N-dealkylation sites (N-methyl/N-ethyl adjacent to an activating group) is 1. The van der Waals surface area contributed by atoms with Crippen LogP contribution in [-0.4, -0.2) is 31.6 Å². The Balaban J connectivity index is 1.74. The molecule has 1 aromatic carbocycles. The normalized spacial score (nSPS) is 26.8. The fraction of sp³-hybridized carbons (Fsp3) is 0.600. The molecular formula is C15H22N2. The maximum absolute atomic E-state index is 3.64. The third kappa shape index (κ3) is 2.38. The fourth-order valence-corrected chi connectivity index (χ4v) is 3.08. The second-order valence-electron chi connectivity index (χ2n) is 5.59. The number of piperidine rings is 1. The van der Waals surface area contributed by atoms with Gasteiger partial charge in [-0.15, -0.1) is 0 Å². The highest BCUT2D eigenvalue weighted by Crippen LogP contribution is 2.29. The number of benzene rings is 1. The van der Waals surface area contributed by atoms with Crippen molar-refractivity contribution in [1.82, 2.24) is 10.2 Å². The molecule has 1 unspecified atom stereocenters. The summed E-state index contributed by atoms with van der Waals surface area (Å²) in [4.78, 5) is 2.39. The molecule has 3 rings (SSSR count). The number of hydrogen-bond acceptors (Lipinski definition) is 2. The Morgan fingerprint density at radius 2 is 2.00 bits per heavy atom. The lowest BCUT2D eigenvalue weighted by Crippen LogP contribution is -2.41. The van der Waals surface area contributed by atoms with E-state index in [-0.39, 0.29) is 0 Å². The smallest absolute Gasteiger partial charge is 0.0320 e. The van der Waals surface area contributed by atoms with Crippen molar-refractivity contribution < 1.29 is 0 Å². The van der Waals surface area contributed by atoms with Gasteiger partial charge in [0, 0.05) is 25.0 Å². The number of nitrogens with zero attached hydrogens (tertiary/aromatic N) is 1. The van der Waals surface area contributed by atoms with Crippen LogP contribution < -0.4 is 5.32 Å². The second-order valence-corrected chi connectivity index (χ2v) is 5.59. The SMILES string of the molecule is CN1CC(c2cccc(C3CCCCN3)c2)C1. The van der Waals surface area contributed by atoms with Gasteiger partial charge in [0.2, 0.25) is 0 Å². The van der Waals surface area contributed by atoms with Crippen molar-refractivity contribution in [3.8, 4) is 0 Å². The molecule has 0 amide bonds. The lowest BCUT2D eigenvalue weighted by atomic mass is 9.88. The number of likely N-dealkylation sites (tertiary alicyclic amines) is 1. The Morgan fingerprint density at radius 1 is 1.18 bits per heavy atom. The van der Waals surface area contributed by atoms with Crippen molar-refractivity contribution >= 4 is 0 Å². The molecule has 1 aromatic rings. The Bertz CT molecular complexity index is 376. The Kier molecular flexibility index (Phi) is 3.17. The molecule has 2 heterocycles. The van der Waals surface area contributed by atoms with E-state index in [9.17, 15) is 0 Å². The first-order valence-corrected chi connectivity index (χ1v) is 6.85. The van der Waals surface area contributed by atoms with Gasteiger partial charge in [-0.05, 0) is 37.6 Å². The van der Waals surface area contributed by atoms with Crippen LogP contribution in [0.4, 0.5) is 0 Å². The highest BCUT2D eigenvalue weighted by Gasteiger charge is 2.25. The maximum atomic E-state index is 3.64. The molecule has 2 fully saturated rings. The van der Waals surface area contributed by atoms with E-state index in [1.165, 1.54) is 50.0 Å². The zero-order chi connectivity index (χ0) is 11.7. The number of hydrogen-bond donors (Lipinski definition) is 1. The average Bonchev–Trinajstić information content (AvgIpc) is 2.36. The van der Waals surface area contributed by atoms with Crippen molar-refractivity contribution in [3.63, 3.8) is 0 Å². The van der Waals surface area contributed by atoms with E-state index >= 15 is 0 Å². The van der Waals surface area contributed by atoms with Crippen LogP contribution in [0.15, 0.2) is 24.3 Å². The van der Waals surface area contributed by atoms with Crippen LogP contribution in [0.25, 0.3) is 0 Å². The van der Waals surface area contributed by atoms with Crippen LogP contribution >= 0.6 is 0 Å². The summed E-state index contributed by atoms with van der Waals surface area (Å²) in [5.41, 5.74) is 3.03. The van der Waals surface area contributed by atoms with Gasteiger partial charge in [-0.3, -0.25) is 0 Å². The topological polar surface area (TPSA) is 15.3 Å². The summed E-state index contributed by atoms with van der Waals surface area (Å²) in [7, 11) is 2.20. The standard InChI is InChI=1S/C15H22N2/c1-17-10-14(11-17)12-5-4-6-13(9-12)15-7-2-3-8-16-15/h4-6,9,14-16H,2-3,7-8,10-11H2,1H3. The van der Waals surface area contributed by atoms with Gasteiger partial charge in [-0.1, -0.05) is 30.7 Å². The van der Waals surface area contributed by atoms with E-state index in [0.717, 1.165) is 5.92 Å². The van der Waals surface area contributed by atoms with Crippen LogP contribution in [0, 0.1) is 0 Å². The molecule has 2 saturated heterocycles. The van der Waals surface area contributed by atoms with E-state index in [1.807, 2.05) is 0 Å². The van der Waals surface area contributed by atoms with E-state index in [4.69, 9.17) is 0 Å². The summed E-state index contributed by atoms with van der Waals surface area (Å²) in [6, 6.07) is 9.85.